The van der Waals surface area contributed by atoms with Crippen LogP contribution in [0.3, 0.4) is 0 Å². The van der Waals surface area contributed by atoms with Gasteiger partial charge in [0.15, 0.2) is 0 Å². The zero-order valence-electron chi connectivity index (χ0n) is 8.68. The van der Waals surface area contributed by atoms with Crippen molar-refractivity contribution in [3.8, 4) is 0 Å². The van der Waals surface area contributed by atoms with Gasteiger partial charge in [0, 0.05) is 11.8 Å². The van der Waals surface area contributed by atoms with Gasteiger partial charge < -0.3 is 0 Å². The van der Waals surface area contributed by atoms with Crippen LogP contribution in [0.1, 0.15) is 47.0 Å². The van der Waals surface area contributed by atoms with Crippen molar-refractivity contribution < 1.29 is 4.79 Å². The van der Waals surface area contributed by atoms with Gasteiger partial charge in [-0.3, -0.25) is 4.79 Å². The minimum absolute atomic E-state index is 0.215. The molecule has 0 aromatic heterocycles. The third-order valence-electron chi connectivity index (χ3n) is 3.17. The molecule has 1 nitrogen and oxygen atoms in total. The molecular formula is C11H20O. The van der Waals surface area contributed by atoms with Gasteiger partial charge in [0.2, 0.25) is 0 Å². The molecule has 0 aromatic rings. The number of ketones is 1. The number of hydrogen-bond acceptors (Lipinski definition) is 1. The lowest BCUT2D eigenvalue weighted by atomic mass is 9.77. The van der Waals surface area contributed by atoms with Crippen LogP contribution in [-0.2, 0) is 4.79 Å². The van der Waals surface area contributed by atoms with E-state index < -0.39 is 0 Å². The van der Waals surface area contributed by atoms with Gasteiger partial charge in [-0.05, 0) is 18.3 Å². The van der Waals surface area contributed by atoms with Gasteiger partial charge >= 0.3 is 0 Å². The van der Waals surface area contributed by atoms with Crippen LogP contribution >= 0.6 is 0 Å². The first-order valence-electron chi connectivity index (χ1n) is 4.99. The molecule has 1 saturated carbocycles. The Kier molecular flexibility index (Phi) is 2.60. The maximum Gasteiger partial charge on any atom is 0.139 e. The predicted octanol–water partition coefficient (Wildman–Crippen LogP) is 3.04. The molecule has 0 amide bonds. The molecule has 1 aliphatic rings. The summed E-state index contributed by atoms with van der Waals surface area (Å²) in [5.41, 5.74) is 0.265. The largest absolute Gasteiger partial charge is 0.299 e. The van der Waals surface area contributed by atoms with E-state index >= 15 is 0 Å². The maximum atomic E-state index is 11.8. The van der Waals surface area contributed by atoms with E-state index in [-0.39, 0.29) is 11.3 Å². The summed E-state index contributed by atoms with van der Waals surface area (Å²) in [7, 11) is 0. The van der Waals surface area contributed by atoms with Gasteiger partial charge in [0.25, 0.3) is 0 Å². The Morgan fingerprint density at radius 1 is 1.42 bits per heavy atom. The molecule has 1 heteroatoms. The van der Waals surface area contributed by atoms with Crippen molar-refractivity contribution in [2.75, 3.05) is 0 Å². The lowest BCUT2D eigenvalue weighted by Crippen LogP contribution is -2.28. The van der Waals surface area contributed by atoms with E-state index in [0.29, 0.717) is 11.7 Å². The molecule has 0 N–H and O–H groups in total. The Bertz CT molecular complexity index is 179. The highest BCUT2D eigenvalue weighted by molar-refractivity contribution is 5.83. The smallest absolute Gasteiger partial charge is 0.139 e. The van der Waals surface area contributed by atoms with E-state index in [0.717, 1.165) is 6.42 Å². The molecule has 0 aliphatic heterocycles. The minimum Gasteiger partial charge on any atom is -0.299 e. The lowest BCUT2D eigenvalue weighted by Gasteiger charge is -2.26. The number of hydrogen-bond donors (Lipinski definition) is 0. The van der Waals surface area contributed by atoms with Crippen molar-refractivity contribution in [3.05, 3.63) is 0 Å². The van der Waals surface area contributed by atoms with Crippen LogP contribution in [0, 0.1) is 17.3 Å². The van der Waals surface area contributed by atoms with Crippen LogP contribution in [0.15, 0.2) is 0 Å². The third-order valence-corrected chi connectivity index (χ3v) is 3.17. The van der Waals surface area contributed by atoms with Gasteiger partial charge in [-0.2, -0.15) is 0 Å². The van der Waals surface area contributed by atoms with Crippen molar-refractivity contribution in [2.45, 2.75) is 47.0 Å². The fraction of sp³-hybridized carbons (Fsp3) is 0.909. The normalized spacial score (nSPS) is 27.9. The van der Waals surface area contributed by atoms with Crippen LogP contribution in [0.4, 0.5) is 0 Å². The summed E-state index contributed by atoms with van der Waals surface area (Å²) in [5.74, 6) is 1.02. The lowest BCUT2D eigenvalue weighted by molar-refractivity contribution is -0.128. The van der Waals surface area contributed by atoms with Crippen molar-refractivity contribution in [1.82, 2.24) is 0 Å². The number of carbonyl (C=O) groups is 1. The Labute approximate surface area is 75.5 Å². The zero-order valence-corrected chi connectivity index (χ0v) is 8.68. The summed E-state index contributed by atoms with van der Waals surface area (Å²) in [4.78, 5) is 11.8. The average Bonchev–Trinajstić information content (AvgIpc) is 2.27. The summed E-state index contributed by atoms with van der Waals surface area (Å²) in [6, 6.07) is 0. The van der Waals surface area contributed by atoms with E-state index in [2.05, 4.69) is 13.8 Å². The van der Waals surface area contributed by atoms with Crippen LogP contribution in [0.2, 0.25) is 0 Å². The standard InChI is InChI=1S/C11H20O/c1-8(2)10(12)9-6-5-7-11(9,3)4/h8-9H,5-7H2,1-4H3. The topological polar surface area (TPSA) is 17.1 Å². The summed E-state index contributed by atoms with van der Waals surface area (Å²) in [6.07, 6.45) is 3.57. The van der Waals surface area contributed by atoms with Gasteiger partial charge in [-0.25, -0.2) is 0 Å². The summed E-state index contributed by atoms with van der Waals surface area (Å²) in [5, 5.41) is 0. The molecule has 0 aromatic carbocycles. The molecule has 1 unspecified atom stereocenters. The van der Waals surface area contributed by atoms with Gasteiger partial charge in [-0.1, -0.05) is 34.1 Å². The highest BCUT2D eigenvalue weighted by Gasteiger charge is 2.39. The summed E-state index contributed by atoms with van der Waals surface area (Å²) < 4.78 is 0. The number of rotatable bonds is 2. The van der Waals surface area contributed by atoms with E-state index in [9.17, 15) is 4.79 Å². The molecule has 1 aliphatic carbocycles. The van der Waals surface area contributed by atoms with E-state index in [1.165, 1.54) is 12.8 Å². The quantitative estimate of drug-likeness (QED) is 0.619. The molecular weight excluding hydrogens is 148 g/mol. The molecule has 12 heavy (non-hydrogen) atoms. The zero-order chi connectivity index (χ0) is 9.35. The second kappa shape index (κ2) is 3.20. The molecule has 0 bridgehead atoms. The van der Waals surface area contributed by atoms with Crippen LogP contribution in [0.5, 0.6) is 0 Å². The third kappa shape index (κ3) is 1.70. The molecule has 0 saturated heterocycles. The van der Waals surface area contributed by atoms with E-state index in [1.54, 1.807) is 0 Å². The van der Waals surface area contributed by atoms with E-state index in [1.807, 2.05) is 13.8 Å². The van der Waals surface area contributed by atoms with Crippen molar-refractivity contribution >= 4 is 5.78 Å². The molecule has 0 heterocycles. The first-order valence-corrected chi connectivity index (χ1v) is 4.99. The second-order valence-corrected chi connectivity index (χ2v) is 4.99. The summed E-state index contributed by atoms with van der Waals surface area (Å²) >= 11 is 0. The van der Waals surface area contributed by atoms with Gasteiger partial charge in [-0.15, -0.1) is 0 Å². The van der Waals surface area contributed by atoms with Crippen LogP contribution < -0.4 is 0 Å². The Morgan fingerprint density at radius 2 is 2.00 bits per heavy atom. The fourth-order valence-electron chi connectivity index (χ4n) is 2.26. The maximum absolute atomic E-state index is 11.8. The number of Topliss-reactive ketones (excluding diaryl/α,β-unsaturated/α-hetero) is 1. The predicted molar refractivity (Wildman–Crippen MR) is 51.0 cm³/mol. The van der Waals surface area contributed by atoms with Crippen molar-refractivity contribution in [3.63, 3.8) is 0 Å². The second-order valence-electron chi connectivity index (χ2n) is 4.99. The van der Waals surface area contributed by atoms with Crippen LogP contribution in [0.25, 0.3) is 0 Å². The average molecular weight is 168 g/mol. The number of carbonyl (C=O) groups excluding carboxylic acids is 1. The summed E-state index contributed by atoms with van der Waals surface area (Å²) in [6.45, 7) is 8.48. The van der Waals surface area contributed by atoms with E-state index in [4.69, 9.17) is 0 Å². The molecule has 1 fully saturated rings. The first kappa shape index (κ1) is 9.76. The van der Waals surface area contributed by atoms with Gasteiger partial charge in [0.05, 0.1) is 0 Å². The minimum atomic E-state index is 0.215. The fourth-order valence-corrected chi connectivity index (χ4v) is 2.26. The molecule has 1 atom stereocenters. The van der Waals surface area contributed by atoms with Crippen LogP contribution in [-0.4, -0.2) is 5.78 Å². The molecule has 1 rings (SSSR count). The van der Waals surface area contributed by atoms with Crippen molar-refractivity contribution in [2.24, 2.45) is 17.3 Å². The molecule has 70 valence electrons. The highest BCUT2D eigenvalue weighted by atomic mass is 16.1. The first-order chi connectivity index (χ1) is 5.45. The van der Waals surface area contributed by atoms with Crippen molar-refractivity contribution in [1.29, 1.82) is 0 Å². The Morgan fingerprint density at radius 3 is 2.33 bits per heavy atom. The SMILES string of the molecule is CC(C)C(=O)C1CCCC1(C)C. The Hall–Kier alpha value is -0.330. The monoisotopic (exact) mass is 168 g/mol. The van der Waals surface area contributed by atoms with Gasteiger partial charge in [0.1, 0.15) is 5.78 Å². The molecule has 0 spiro atoms. The molecule has 0 radical (unpaired) electrons. The Balaban J connectivity index is 2.69. The highest BCUT2D eigenvalue weighted by Crippen LogP contribution is 2.43.